The minimum absolute atomic E-state index is 0.804. The van der Waals surface area contributed by atoms with E-state index in [0.29, 0.717) is 0 Å². The van der Waals surface area contributed by atoms with Crippen LogP contribution in [0.4, 0.5) is 11.5 Å². The van der Waals surface area contributed by atoms with E-state index in [2.05, 4.69) is 34.7 Å². The monoisotopic (exact) mass is 392 g/mol. The Balaban J connectivity index is 1.67. The molecule has 0 amide bonds. The summed E-state index contributed by atoms with van der Waals surface area (Å²) in [6.07, 6.45) is 1.87. The quantitative estimate of drug-likeness (QED) is 0.410. The van der Waals surface area contributed by atoms with E-state index in [4.69, 9.17) is 9.72 Å². The predicted octanol–water partition coefficient (Wildman–Crippen LogP) is 5.82. The summed E-state index contributed by atoms with van der Waals surface area (Å²) < 4.78 is 7.11. The fourth-order valence-corrected chi connectivity index (χ4v) is 3.45. The van der Waals surface area contributed by atoms with Gasteiger partial charge in [-0.25, -0.2) is 4.98 Å². The van der Waals surface area contributed by atoms with Crippen molar-refractivity contribution in [2.45, 2.75) is 0 Å². The summed E-state index contributed by atoms with van der Waals surface area (Å²) in [5.74, 6) is 1.65. The van der Waals surface area contributed by atoms with Crippen molar-refractivity contribution in [3.63, 3.8) is 0 Å². The molecule has 0 bridgehead atoms. The van der Waals surface area contributed by atoms with Crippen LogP contribution in [-0.2, 0) is 0 Å². The van der Waals surface area contributed by atoms with E-state index in [1.54, 1.807) is 7.11 Å². The lowest BCUT2D eigenvalue weighted by atomic mass is 10.1. The molecule has 0 atom stereocenters. The van der Waals surface area contributed by atoms with Crippen LogP contribution in [0.15, 0.2) is 97.2 Å². The highest BCUT2D eigenvalue weighted by molar-refractivity contribution is 5.81. The Morgan fingerprint density at radius 3 is 2.13 bits per heavy atom. The van der Waals surface area contributed by atoms with Crippen LogP contribution in [-0.4, -0.2) is 21.7 Å². The van der Waals surface area contributed by atoms with Crippen molar-refractivity contribution in [2.24, 2.45) is 0 Å². The van der Waals surface area contributed by atoms with E-state index in [-0.39, 0.29) is 0 Å². The number of fused-ring (bicyclic) bond motifs is 1. The minimum atomic E-state index is 0.804. The third-order valence-corrected chi connectivity index (χ3v) is 4.99. The number of hydrogen-bond acceptors (Lipinski definition) is 4. The van der Waals surface area contributed by atoms with E-state index in [1.807, 2.05) is 77.4 Å². The molecule has 30 heavy (non-hydrogen) atoms. The van der Waals surface area contributed by atoms with Crippen molar-refractivity contribution in [1.82, 2.24) is 14.6 Å². The van der Waals surface area contributed by atoms with E-state index >= 15 is 0 Å². The number of anilines is 2. The summed E-state index contributed by atoms with van der Waals surface area (Å²) >= 11 is 0. The Morgan fingerprint density at radius 2 is 1.47 bits per heavy atom. The first-order valence-corrected chi connectivity index (χ1v) is 9.72. The van der Waals surface area contributed by atoms with Crippen LogP contribution >= 0.6 is 0 Å². The lowest BCUT2D eigenvalue weighted by molar-refractivity contribution is 0.415. The van der Waals surface area contributed by atoms with Crippen molar-refractivity contribution >= 4 is 17.2 Å². The standard InChI is InChI=1S/C25H20N4O/c1-30-21-14-12-20(13-15-21)27-24-16-23(19-10-6-3-7-11-19)28-25-22(17-26-29(24)25)18-8-4-2-5-9-18/h2-17,27H,1H3. The fourth-order valence-electron chi connectivity index (χ4n) is 3.45. The molecule has 5 rings (SSSR count). The van der Waals surface area contributed by atoms with Crippen molar-refractivity contribution in [2.75, 3.05) is 12.4 Å². The zero-order valence-corrected chi connectivity index (χ0v) is 16.5. The number of aromatic nitrogens is 3. The van der Waals surface area contributed by atoms with E-state index < -0.39 is 0 Å². The Morgan fingerprint density at radius 1 is 0.800 bits per heavy atom. The molecule has 0 unspecified atom stereocenters. The van der Waals surface area contributed by atoms with Gasteiger partial charge in [-0.15, -0.1) is 0 Å². The molecule has 0 saturated carbocycles. The van der Waals surface area contributed by atoms with Crippen molar-refractivity contribution in [3.05, 3.63) is 97.2 Å². The van der Waals surface area contributed by atoms with Gasteiger partial charge in [-0.2, -0.15) is 9.61 Å². The minimum Gasteiger partial charge on any atom is -0.497 e. The van der Waals surface area contributed by atoms with Crippen LogP contribution in [0.1, 0.15) is 0 Å². The van der Waals surface area contributed by atoms with Crippen LogP contribution in [0.25, 0.3) is 28.0 Å². The third-order valence-electron chi connectivity index (χ3n) is 4.99. The molecule has 0 saturated heterocycles. The molecule has 146 valence electrons. The first-order valence-electron chi connectivity index (χ1n) is 9.72. The average molecular weight is 392 g/mol. The largest absolute Gasteiger partial charge is 0.497 e. The first kappa shape index (κ1) is 17.9. The molecule has 0 fully saturated rings. The Labute approximate surface area is 174 Å². The SMILES string of the molecule is COc1ccc(Nc2cc(-c3ccccc3)nc3c(-c4ccccc4)cnn23)cc1. The van der Waals surface area contributed by atoms with Gasteiger partial charge in [0, 0.05) is 22.9 Å². The van der Waals surface area contributed by atoms with Crippen molar-refractivity contribution < 1.29 is 4.74 Å². The van der Waals surface area contributed by atoms with E-state index in [1.165, 1.54) is 0 Å². The van der Waals surface area contributed by atoms with Gasteiger partial charge in [0.15, 0.2) is 5.65 Å². The Bertz CT molecular complexity index is 1280. The Kier molecular flexibility index (Phi) is 4.62. The van der Waals surface area contributed by atoms with Crippen molar-refractivity contribution in [1.29, 1.82) is 0 Å². The molecule has 0 aliphatic carbocycles. The molecule has 0 spiro atoms. The van der Waals surface area contributed by atoms with Gasteiger partial charge < -0.3 is 10.1 Å². The molecule has 2 heterocycles. The van der Waals surface area contributed by atoms with Crippen LogP contribution in [0, 0.1) is 0 Å². The first-order chi connectivity index (χ1) is 14.8. The fraction of sp³-hybridized carbons (Fsp3) is 0.0400. The highest BCUT2D eigenvalue weighted by atomic mass is 16.5. The molecular weight excluding hydrogens is 372 g/mol. The van der Waals surface area contributed by atoms with Crippen LogP contribution < -0.4 is 10.1 Å². The molecule has 0 aliphatic rings. The molecule has 0 aliphatic heterocycles. The maximum Gasteiger partial charge on any atom is 0.165 e. The smallest absolute Gasteiger partial charge is 0.165 e. The molecule has 3 aromatic carbocycles. The van der Waals surface area contributed by atoms with E-state index in [9.17, 15) is 0 Å². The molecule has 5 nitrogen and oxygen atoms in total. The normalized spacial score (nSPS) is 10.8. The number of benzene rings is 3. The lowest BCUT2D eigenvalue weighted by Crippen LogP contribution is -2.02. The zero-order valence-electron chi connectivity index (χ0n) is 16.5. The molecule has 5 aromatic rings. The van der Waals surface area contributed by atoms with Gasteiger partial charge in [0.1, 0.15) is 11.6 Å². The zero-order chi connectivity index (χ0) is 20.3. The van der Waals surface area contributed by atoms with E-state index in [0.717, 1.165) is 45.3 Å². The second-order valence-corrected chi connectivity index (χ2v) is 6.91. The maximum absolute atomic E-state index is 5.26. The second-order valence-electron chi connectivity index (χ2n) is 6.91. The summed E-state index contributed by atoms with van der Waals surface area (Å²) in [7, 11) is 1.66. The molecule has 2 aromatic heterocycles. The molecular formula is C25H20N4O. The average Bonchev–Trinajstić information content (AvgIpc) is 3.25. The van der Waals surface area contributed by atoms with Gasteiger partial charge in [0.05, 0.1) is 19.0 Å². The van der Waals surface area contributed by atoms with Gasteiger partial charge in [-0.05, 0) is 29.8 Å². The van der Waals surface area contributed by atoms with Gasteiger partial charge in [0.25, 0.3) is 0 Å². The highest BCUT2D eigenvalue weighted by Crippen LogP contribution is 2.30. The van der Waals surface area contributed by atoms with Crippen LogP contribution in [0.2, 0.25) is 0 Å². The number of rotatable bonds is 5. The molecule has 5 heteroatoms. The lowest BCUT2D eigenvalue weighted by Gasteiger charge is -2.12. The third kappa shape index (κ3) is 3.37. The van der Waals surface area contributed by atoms with Gasteiger partial charge in [-0.3, -0.25) is 0 Å². The predicted molar refractivity (Wildman–Crippen MR) is 120 cm³/mol. The summed E-state index contributed by atoms with van der Waals surface area (Å²) in [5.41, 5.74) is 5.76. The van der Waals surface area contributed by atoms with Gasteiger partial charge >= 0.3 is 0 Å². The van der Waals surface area contributed by atoms with Gasteiger partial charge in [0.2, 0.25) is 0 Å². The second kappa shape index (κ2) is 7.72. The van der Waals surface area contributed by atoms with Crippen LogP contribution in [0.5, 0.6) is 5.75 Å². The Hall–Kier alpha value is -4.12. The maximum atomic E-state index is 5.26. The highest BCUT2D eigenvalue weighted by Gasteiger charge is 2.14. The van der Waals surface area contributed by atoms with Gasteiger partial charge in [-0.1, -0.05) is 60.7 Å². The topological polar surface area (TPSA) is 51.5 Å². The number of hydrogen-bond donors (Lipinski definition) is 1. The van der Waals surface area contributed by atoms with Crippen LogP contribution in [0.3, 0.4) is 0 Å². The molecule has 1 N–H and O–H groups in total. The summed E-state index contributed by atoms with van der Waals surface area (Å²) in [6, 6.07) is 30.2. The molecule has 0 radical (unpaired) electrons. The number of nitrogens with one attached hydrogen (secondary N) is 1. The summed E-state index contributed by atoms with van der Waals surface area (Å²) in [5, 5.41) is 8.10. The number of methoxy groups -OCH3 is 1. The number of ether oxygens (including phenoxy) is 1. The summed E-state index contributed by atoms with van der Waals surface area (Å²) in [4.78, 5) is 4.95. The number of nitrogens with zero attached hydrogens (tertiary/aromatic N) is 3. The van der Waals surface area contributed by atoms with Crippen molar-refractivity contribution in [3.8, 4) is 28.1 Å². The summed E-state index contributed by atoms with van der Waals surface area (Å²) in [6.45, 7) is 0.